The van der Waals surface area contributed by atoms with Gasteiger partial charge < -0.3 is 14.4 Å². The average molecular weight is 257 g/mol. The first kappa shape index (κ1) is 13.3. The zero-order chi connectivity index (χ0) is 13.8. The van der Waals surface area contributed by atoms with E-state index in [4.69, 9.17) is 9.47 Å². The molecular formula is C16H19NO2. The molecule has 100 valence electrons. The van der Waals surface area contributed by atoms with Crippen molar-refractivity contribution in [1.82, 2.24) is 0 Å². The monoisotopic (exact) mass is 257 g/mol. The third-order valence-electron chi connectivity index (χ3n) is 3.23. The van der Waals surface area contributed by atoms with Crippen LogP contribution in [0.1, 0.15) is 5.56 Å². The number of hydrogen-bond acceptors (Lipinski definition) is 3. The van der Waals surface area contributed by atoms with Crippen molar-refractivity contribution in [3.63, 3.8) is 0 Å². The molecule has 0 N–H and O–H groups in total. The molecule has 3 nitrogen and oxygen atoms in total. The van der Waals surface area contributed by atoms with Gasteiger partial charge in [-0.1, -0.05) is 0 Å². The molecule has 0 saturated carbocycles. The van der Waals surface area contributed by atoms with Crippen molar-refractivity contribution >= 4 is 11.4 Å². The number of benzene rings is 2. The Morgan fingerprint density at radius 2 is 1.47 bits per heavy atom. The Morgan fingerprint density at radius 1 is 0.842 bits per heavy atom. The van der Waals surface area contributed by atoms with Crippen LogP contribution in [0, 0.1) is 6.92 Å². The Balaban J connectivity index is 2.27. The van der Waals surface area contributed by atoms with Crippen molar-refractivity contribution in [2.45, 2.75) is 6.92 Å². The zero-order valence-electron chi connectivity index (χ0n) is 11.8. The number of hydrogen-bond donors (Lipinski definition) is 0. The van der Waals surface area contributed by atoms with E-state index in [9.17, 15) is 0 Å². The van der Waals surface area contributed by atoms with E-state index in [2.05, 4.69) is 17.0 Å². The molecule has 0 bridgehead atoms. The fraction of sp³-hybridized carbons (Fsp3) is 0.250. The van der Waals surface area contributed by atoms with Gasteiger partial charge in [0.2, 0.25) is 0 Å². The maximum Gasteiger partial charge on any atom is 0.121 e. The van der Waals surface area contributed by atoms with Gasteiger partial charge in [-0.2, -0.15) is 0 Å². The summed E-state index contributed by atoms with van der Waals surface area (Å²) >= 11 is 0. The maximum atomic E-state index is 5.28. The Hall–Kier alpha value is -2.16. The van der Waals surface area contributed by atoms with E-state index in [0.29, 0.717) is 0 Å². The molecule has 0 radical (unpaired) electrons. The number of methoxy groups -OCH3 is 2. The normalized spacial score (nSPS) is 10.1. The highest BCUT2D eigenvalue weighted by Crippen LogP contribution is 2.29. The summed E-state index contributed by atoms with van der Waals surface area (Å²) < 4.78 is 10.4. The number of aryl methyl sites for hydroxylation is 1. The number of ether oxygens (including phenoxy) is 2. The maximum absolute atomic E-state index is 5.28. The van der Waals surface area contributed by atoms with Gasteiger partial charge in [0.25, 0.3) is 0 Å². The Kier molecular flexibility index (Phi) is 3.95. The van der Waals surface area contributed by atoms with E-state index >= 15 is 0 Å². The van der Waals surface area contributed by atoms with Gasteiger partial charge in [0.05, 0.1) is 14.2 Å². The van der Waals surface area contributed by atoms with Crippen LogP contribution in [0.4, 0.5) is 11.4 Å². The van der Waals surface area contributed by atoms with E-state index in [1.165, 1.54) is 0 Å². The molecule has 2 aromatic carbocycles. The van der Waals surface area contributed by atoms with Gasteiger partial charge in [-0.15, -0.1) is 0 Å². The minimum absolute atomic E-state index is 0.864. The van der Waals surface area contributed by atoms with Crippen LogP contribution in [0.3, 0.4) is 0 Å². The minimum Gasteiger partial charge on any atom is -0.497 e. The molecule has 0 fully saturated rings. The smallest absolute Gasteiger partial charge is 0.121 e. The molecule has 0 amide bonds. The second kappa shape index (κ2) is 5.65. The molecule has 0 aliphatic heterocycles. The van der Waals surface area contributed by atoms with Crippen molar-refractivity contribution in [2.24, 2.45) is 0 Å². The molecular weight excluding hydrogens is 238 g/mol. The van der Waals surface area contributed by atoms with Crippen molar-refractivity contribution < 1.29 is 9.47 Å². The first-order valence-corrected chi connectivity index (χ1v) is 6.18. The number of nitrogens with zero attached hydrogens (tertiary/aromatic N) is 1. The summed E-state index contributed by atoms with van der Waals surface area (Å²) in [7, 11) is 5.41. The van der Waals surface area contributed by atoms with E-state index < -0.39 is 0 Å². The van der Waals surface area contributed by atoms with Crippen LogP contribution in [0.15, 0.2) is 42.5 Å². The lowest BCUT2D eigenvalue weighted by Gasteiger charge is -2.21. The van der Waals surface area contributed by atoms with Crippen LogP contribution >= 0.6 is 0 Å². The lowest BCUT2D eigenvalue weighted by atomic mass is 10.1. The molecule has 0 unspecified atom stereocenters. The van der Waals surface area contributed by atoms with Gasteiger partial charge in [0, 0.05) is 18.4 Å². The molecule has 0 aliphatic carbocycles. The molecule has 19 heavy (non-hydrogen) atoms. The van der Waals surface area contributed by atoms with E-state index in [1.54, 1.807) is 14.2 Å². The van der Waals surface area contributed by atoms with Gasteiger partial charge >= 0.3 is 0 Å². The largest absolute Gasteiger partial charge is 0.497 e. The van der Waals surface area contributed by atoms with Crippen molar-refractivity contribution in [3.05, 3.63) is 48.0 Å². The predicted molar refractivity (Wildman–Crippen MR) is 78.8 cm³/mol. The second-order valence-electron chi connectivity index (χ2n) is 4.41. The summed E-state index contributed by atoms with van der Waals surface area (Å²) in [5.74, 6) is 1.77. The molecule has 2 aromatic rings. The summed E-state index contributed by atoms with van der Waals surface area (Å²) in [6.45, 7) is 2.05. The van der Waals surface area contributed by atoms with Crippen LogP contribution in [0.5, 0.6) is 11.5 Å². The Morgan fingerprint density at radius 3 is 2.00 bits per heavy atom. The summed E-state index contributed by atoms with van der Waals surface area (Å²) in [6.07, 6.45) is 0. The number of anilines is 2. The second-order valence-corrected chi connectivity index (χ2v) is 4.41. The van der Waals surface area contributed by atoms with Crippen molar-refractivity contribution in [2.75, 3.05) is 26.2 Å². The SMILES string of the molecule is COc1ccc(N(C)c2ccc(OC)c(C)c2)cc1. The summed E-state index contributed by atoms with van der Waals surface area (Å²) in [6, 6.07) is 14.2. The van der Waals surface area contributed by atoms with Crippen molar-refractivity contribution in [3.8, 4) is 11.5 Å². The first-order valence-electron chi connectivity index (χ1n) is 6.18. The number of rotatable bonds is 4. The summed E-state index contributed by atoms with van der Waals surface area (Å²) in [5, 5.41) is 0. The summed E-state index contributed by atoms with van der Waals surface area (Å²) in [4.78, 5) is 2.13. The molecule has 0 atom stereocenters. The van der Waals surface area contributed by atoms with E-state index in [0.717, 1.165) is 28.4 Å². The van der Waals surface area contributed by atoms with Crippen LogP contribution in [-0.4, -0.2) is 21.3 Å². The lowest BCUT2D eigenvalue weighted by molar-refractivity contribution is 0.412. The van der Waals surface area contributed by atoms with E-state index in [1.807, 2.05) is 44.3 Å². The zero-order valence-corrected chi connectivity index (χ0v) is 11.8. The molecule has 0 heterocycles. The third-order valence-corrected chi connectivity index (χ3v) is 3.23. The topological polar surface area (TPSA) is 21.7 Å². The van der Waals surface area contributed by atoms with Gasteiger partial charge in [0.15, 0.2) is 0 Å². The summed E-state index contributed by atoms with van der Waals surface area (Å²) in [5.41, 5.74) is 3.37. The molecule has 0 spiro atoms. The Labute approximate surface area is 114 Å². The average Bonchev–Trinajstić information content (AvgIpc) is 2.46. The van der Waals surface area contributed by atoms with Crippen LogP contribution in [0.25, 0.3) is 0 Å². The molecule has 3 heteroatoms. The van der Waals surface area contributed by atoms with Gasteiger partial charge in [-0.25, -0.2) is 0 Å². The van der Waals surface area contributed by atoms with E-state index in [-0.39, 0.29) is 0 Å². The quantitative estimate of drug-likeness (QED) is 0.832. The Bertz CT molecular complexity index is 549. The molecule has 0 saturated heterocycles. The fourth-order valence-corrected chi connectivity index (χ4v) is 2.03. The van der Waals surface area contributed by atoms with Crippen LogP contribution in [0.2, 0.25) is 0 Å². The highest BCUT2D eigenvalue weighted by Gasteiger charge is 2.06. The standard InChI is InChI=1S/C16H19NO2/c1-12-11-14(7-10-16(12)19-4)17(2)13-5-8-15(18-3)9-6-13/h5-11H,1-4H3. The van der Waals surface area contributed by atoms with Crippen LogP contribution < -0.4 is 14.4 Å². The third kappa shape index (κ3) is 2.81. The molecule has 0 aliphatic rings. The fourth-order valence-electron chi connectivity index (χ4n) is 2.03. The highest BCUT2D eigenvalue weighted by molar-refractivity contribution is 5.64. The van der Waals surface area contributed by atoms with Crippen molar-refractivity contribution in [1.29, 1.82) is 0 Å². The predicted octanol–water partition coefficient (Wildman–Crippen LogP) is 3.78. The molecule has 2 rings (SSSR count). The van der Waals surface area contributed by atoms with Gasteiger partial charge in [-0.05, 0) is 55.0 Å². The van der Waals surface area contributed by atoms with Gasteiger partial charge in [-0.3, -0.25) is 0 Å². The molecule has 0 aromatic heterocycles. The minimum atomic E-state index is 0.864. The van der Waals surface area contributed by atoms with Crippen LogP contribution in [-0.2, 0) is 0 Å². The highest BCUT2D eigenvalue weighted by atomic mass is 16.5. The lowest BCUT2D eigenvalue weighted by Crippen LogP contribution is -2.09. The first-order chi connectivity index (χ1) is 9.15. The van der Waals surface area contributed by atoms with Gasteiger partial charge in [0.1, 0.15) is 11.5 Å².